The van der Waals surface area contributed by atoms with Gasteiger partial charge in [-0.3, -0.25) is 0 Å². The minimum atomic E-state index is 0.200. The van der Waals surface area contributed by atoms with Crippen molar-refractivity contribution in [3.8, 4) is 0 Å². The first kappa shape index (κ1) is 12.0. The molecule has 3 aromatic heterocycles. The Labute approximate surface area is 114 Å². The number of nitrogens with one attached hydrogen (secondary N) is 1. The highest BCUT2D eigenvalue weighted by Crippen LogP contribution is 2.28. The van der Waals surface area contributed by atoms with Crippen molar-refractivity contribution in [2.45, 2.75) is 26.8 Å². The first-order valence-electron chi connectivity index (χ1n) is 6.02. The summed E-state index contributed by atoms with van der Waals surface area (Å²) in [6.45, 7) is 6.39. The van der Waals surface area contributed by atoms with Gasteiger partial charge in [0.1, 0.15) is 5.82 Å². The summed E-state index contributed by atoms with van der Waals surface area (Å²) in [4.78, 5) is 2.66. The smallest absolute Gasteiger partial charge is 0.200 e. The fraction of sp³-hybridized carbons (Fsp3) is 0.333. The second kappa shape index (κ2) is 4.58. The number of rotatable bonds is 3. The van der Waals surface area contributed by atoms with Gasteiger partial charge in [-0.05, 0) is 55.0 Å². The van der Waals surface area contributed by atoms with E-state index in [-0.39, 0.29) is 6.04 Å². The van der Waals surface area contributed by atoms with Crippen LogP contribution in [0.2, 0.25) is 0 Å². The summed E-state index contributed by atoms with van der Waals surface area (Å²) in [5.74, 6) is 0.760. The lowest BCUT2D eigenvalue weighted by Gasteiger charge is -2.14. The molecule has 0 saturated carbocycles. The molecule has 19 heavy (non-hydrogen) atoms. The molecule has 7 heteroatoms. The fourth-order valence-electron chi connectivity index (χ4n) is 2.11. The second-order valence-corrected chi connectivity index (χ2v) is 5.94. The number of fused-ring (bicyclic) bond motifs is 1. The summed E-state index contributed by atoms with van der Waals surface area (Å²) < 4.78 is 1.42. The quantitative estimate of drug-likeness (QED) is 0.794. The van der Waals surface area contributed by atoms with E-state index in [1.54, 1.807) is 0 Å². The minimum Gasteiger partial charge on any atom is -0.362 e. The van der Waals surface area contributed by atoms with Crippen LogP contribution in [0.15, 0.2) is 18.2 Å². The normalized spacial score (nSPS) is 12.8. The number of hydrogen-bond acceptors (Lipinski definition) is 6. The molecule has 1 N–H and O–H groups in total. The summed E-state index contributed by atoms with van der Waals surface area (Å²) in [6, 6.07) is 6.14. The van der Waals surface area contributed by atoms with E-state index in [2.05, 4.69) is 52.8 Å². The molecule has 0 fully saturated rings. The lowest BCUT2D eigenvalue weighted by atomic mass is 10.1. The van der Waals surface area contributed by atoms with Gasteiger partial charge in [-0.1, -0.05) is 0 Å². The van der Waals surface area contributed by atoms with Crippen LogP contribution in [0.4, 0.5) is 5.82 Å². The molecule has 6 nitrogen and oxygen atoms in total. The molecular weight excluding hydrogens is 260 g/mol. The Morgan fingerprint density at radius 3 is 2.89 bits per heavy atom. The van der Waals surface area contributed by atoms with Crippen molar-refractivity contribution < 1.29 is 0 Å². The van der Waals surface area contributed by atoms with Crippen LogP contribution in [0.1, 0.15) is 28.3 Å². The molecule has 3 heterocycles. The molecule has 3 rings (SSSR count). The zero-order valence-electron chi connectivity index (χ0n) is 11.0. The molecule has 0 aliphatic heterocycles. The number of aromatic nitrogens is 5. The van der Waals surface area contributed by atoms with Gasteiger partial charge in [-0.2, -0.15) is 0 Å². The Morgan fingerprint density at radius 2 is 2.16 bits per heavy atom. The first-order valence-corrected chi connectivity index (χ1v) is 6.84. The topological polar surface area (TPSA) is 68.0 Å². The monoisotopic (exact) mass is 274 g/mol. The molecule has 0 radical (unpaired) electrons. The predicted molar refractivity (Wildman–Crippen MR) is 74.4 cm³/mol. The largest absolute Gasteiger partial charge is 0.362 e. The van der Waals surface area contributed by atoms with Crippen LogP contribution in [0.5, 0.6) is 0 Å². The molecule has 0 saturated heterocycles. The molecule has 3 aromatic rings. The summed E-state index contributed by atoms with van der Waals surface area (Å²) >= 11 is 1.81. The maximum atomic E-state index is 4.31. The minimum absolute atomic E-state index is 0.200. The van der Waals surface area contributed by atoms with Crippen LogP contribution in [0.3, 0.4) is 0 Å². The Balaban J connectivity index is 1.85. The number of anilines is 1. The Kier molecular flexibility index (Phi) is 2.90. The molecule has 0 aliphatic rings. The number of hydrogen-bond donors (Lipinski definition) is 1. The second-order valence-electron chi connectivity index (χ2n) is 4.48. The van der Waals surface area contributed by atoms with E-state index >= 15 is 0 Å². The van der Waals surface area contributed by atoms with Crippen LogP contribution < -0.4 is 5.32 Å². The number of tetrazole rings is 1. The van der Waals surface area contributed by atoms with Crippen molar-refractivity contribution in [3.63, 3.8) is 0 Å². The van der Waals surface area contributed by atoms with E-state index in [1.165, 1.54) is 19.9 Å². The van der Waals surface area contributed by atoms with E-state index in [1.807, 2.05) is 23.5 Å². The van der Waals surface area contributed by atoms with Crippen LogP contribution in [-0.2, 0) is 0 Å². The third-order valence-corrected chi connectivity index (χ3v) is 3.96. The van der Waals surface area contributed by atoms with E-state index in [4.69, 9.17) is 0 Å². The maximum Gasteiger partial charge on any atom is 0.200 e. The van der Waals surface area contributed by atoms with Crippen molar-refractivity contribution in [2.75, 3.05) is 5.32 Å². The molecule has 0 bridgehead atoms. The molecule has 98 valence electrons. The molecule has 0 spiro atoms. The highest BCUT2D eigenvalue weighted by Gasteiger charge is 2.12. The number of nitrogens with zero attached hydrogens (tertiary/aromatic N) is 5. The van der Waals surface area contributed by atoms with Crippen molar-refractivity contribution in [2.24, 2.45) is 0 Å². The van der Waals surface area contributed by atoms with Gasteiger partial charge in [0.05, 0.1) is 6.04 Å². The Hall–Kier alpha value is -2.02. The molecule has 1 atom stereocenters. The van der Waals surface area contributed by atoms with E-state index < -0.39 is 0 Å². The SMILES string of the molecule is Cc1cc(C(C)Nc2ccc3nnnn3n2)c(C)s1. The average Bonchev–Trinajstić information content (AvgIpc) is 2.94. The van der Waals surface area contributed by atoms with Crippen LogP contribution in [-0.4, -0.2) is 25.3 Å². The third-order valence-electron chi connectivity index (χ3n) is 2.98. The zero-order chi connectivity index (χ0) is 13.4. The lowest BCUT2D eigenvalue weighted by molar-refractivity contribution is 0.728. The van der Waals surface area contributed by atoms with E-state index in [0.717, 1.165) is 5.82 Å². The molecule has 1 unspecified atom stereocenters. The lowest BCUT2D eigenvalue weighted by Crippen LogP contribution is -2.09. The van der Waals surface area contributed by atoms with Crippen molar-refractivity contribution in [1.82, 2.24) is 25.3 Å². The van der Waals surface area contributed by atoms with E-state index in [9.17, 15) is 0 Å². The Morgan fingerprint density at radius 1 is 1.32 bits per heavy atom. The fourth-order valence-corrected chi connectivity index (χ4v) is 3.13. The van der Waals surface area contributed by atoms with Gasteiger partial charge < -0.3 is 5.32 Å². The molecular formula is C12H14N6S. The molecule has 0 aromatic carbocycles. The van der Waals surface area contributed by atoms with Crippen LogP contribution in [0.25, 0.3) is 5.65 Å². The van der Waals surface area contributed by atoms with E-state index in [0.29, 0.717) is 5.65 Å². The van der Waals surface area contributed by atoms with Crippen molar-refractivity contribution in [3.05, 3.63) is 33.5 Å². The summed E-state index contributed by atoms with van der Waals surface area (Å²) in [5.41, 5.74) is 1.95. The van der Waals surface area contributed by atoms with Gasteiger partial charge in [0, 0.05) is 9.75 Å². The van der Waals surface area contributed by atoms with Gasteiger partial charge in [-0.25, -0.2) is 0 Å². The van der Waals surface area contributed by atoms with Gasteiger partial charge >= 0.3 is 0 Å². The summed E-state index contributed by atoms with van der Waals surface area (Å²) in [6.07, 6.45) is 0. The first-order chi connectivity index (χ1) is 9.13. The molecule has 0 amide bonds. The van der Waals surface area contributed by atoms with Crippen LogP contribution >= 0.6 is 11.3 Å². The van der Waals surface area contributed by atoms with Crippen molar-refractivity contribution >= 4 is 22.8 Å². The van der Waals surface area contributed by atoms with Gasteiger partial charge in [0.25, 0.3) is 0 Å². The standard InChI is InChI=1S/C12H14N6S/c1-7-6-10(9(3)19-7)8(2)13-11-4-5-12-14-16-17-18(12)15-11/h4-6,8H,1-3H3,(H,13,15). The zero-order valence-corrected chi connectivity index (χ0v) is 11.8. The Bertz CT molecular complexity index is 716. The number of thiophene rings is 1. The van der Waals surface area contributed by atoms with Gasteiger partial charge in [0.15, 0.2) is 5.65 Å². The maximum absolute atomic E-state index is 4.31. The van der Waals surface area contributed by atoms with Gasteiger partial charge in [-0.15, -0.1) is 26.2 Å². The van der Waals surface area contributed by atoms with Gasteiger partial charge in [0.2, 0.25) is 0 Å². The molecule has 0 aliphatic carbocycles. The highest BCUT2D eigenvalue weighted by atomic mass is 32.1. The number of aryl methyl sites for hydroxylation is 2. The predicted octanol–water partition coefficient (Wildman–Crippen LogP) is 2.37. The summed E-state index contributed by atoms with van der Waals surface area (Å²) in [5, 5.41) is 18.9. The highest BCUT2D eigenvalue weighted by molar-refractivity contribution is 7.12. The third kappa shape index (κ3) is 2.28. The summed E-state index contributed by atoms with van der Waals surface area (Å²) in [7, 11) is 0. The van der Waals surface area contributed by atoms with Crippen molar-refractivity contribution in [1.29, 1.82) is 0 Å². The average molecular weight is 274 g/mol. The van der Waals surface area contributed by atoms with Crippen LogP contribution in [0, 0.1) is 13.8 Å².